The maximum absolute atomic E-state index is 13.3. The normalized spacial score (nSPS) is 17.4. The lowest BCUT2D eigenvalue weighted by Crippen LogP contribution is -2.48. The Hall–Kier alpha value is -3.97. The molecule has 1 aliphatic heterocycles. The van der Waals surface area contributed by atoms with Gasteiger partial charge in [0.15, 0.2) is 0 Å². The van der Waals surface area contributed by atoms with E-state index in [1.165, 1.54) is 6.92 Å². The monoisotopic (exact) mass is 690 g/mol. The number of aromatic nitrogens is 3. The fourth-order valence-electron chi connectivity index (χ4n) is 6.78. The van der Waals surface area contributed by atoms with Crippen LogP contribution in [0.2, 0.25) is 0 Å². The number of hydrogen-bond donors (Lipinski definition) is 4. The van der Waals surface area contributed by atoms with E-state index in [1.54, 1.807) is 22.5 Å². The molecule has 2 amide bonds. The van der Waals surface area contributed by atoms with Gasteiger partial charge in [0, 0.05) is 44.4 Å². The molecule has 4 aromatic rings. The summed E-state index contributed by atoms with van der Waals surface area (Å²) >= 11 is 0. The summed E-state index contributed by atoms with van der Waals surface area (Å²) in [6.45, 7) is 15.4. The molecule has 0 radical (unpaired) electrons. The third-order valence-corrected chi connectivity index (χ3v) is 11.4. The first kappa shape index (κ1) is 36.3. The van der Waals surface area contributed by atoms with E-state index in [0.29, 0.717) is 49.7 Å². The van der Waals surface area contributed by atoms with Gasteiger partial charge >= 0.3 is 0 Å². The zero-order valence-electron chi connectivity index (χ0n) is 29.6. The largest absolute Gasteiger partial charge is 0.487 e. The van der Waals surface area contributed by atoms with Crippen molar-refractivity contribution in [3.8, 4) is 5.75 Å². The van der Waals surface area contributed by atoms with Gasteiger partial charge in [-0.3, -0.25) is 18.7 Å². The molecule has 0 fully saturated rings. The predicted octanol–water partition coefficient (Wildman–Crippen LogP) is 6.71. The highest BCUT2D eigenvalue weighted by molar-refractivity contribution is 8.22. The number of nitrogens with zero attached hydrogens (tertiary/aromatic N) is 4. The van der Waals surface area contributed by atoms with E-state index in [2.05, 4.69) is 52.1 Å². The molecule has 0 saturated heterocycles. The number of nitrogens with one attached hydrogen (secondary N) is 2. The first-order valence-electron chi connectivity index (χ1n) is 17.0. The first-order valence-corrected chi connectivity index (χ1v) is 18.5. The second kappa shape index (κ2) is 14.9. The number of rotatable bonds is 12. The molecule has 3 aromatic carbocycles. The van der Waals surface area contributed by atoms with Gasteiger partial charge < -0.3 is 15.4 Å². The van der Waals surface area contributed by atoms with Crippen LogP contribution in [0.1, 0.15) is 87.6 Å². The highest BCUT2D eigenvalue weighted by atomic mass is 32.3. The SMILES string of the molecule is CC[C@@H]1CN(Cc2cc([C@@H](c3ccc4c(nnn4CC)c3C)C(C)(C)NC(=O)CCCNC(C)=O)ccc2C)S(O)(O)c2ccccc2O1. The number of carbonyl (C=O) groups is 2. The van der Waals surface area contributed by atoms with Crippen LogP contribution in [0.25, 0.3) is 11.0 Å². The van der Waals surface area contributed by atoms with Crippen molar-refractivity contribution in [1.29, 1.82) is 0 Å². The third kappa shape index (κ3) is 7.77. The average molecular weight is 691 g/mol. The van der Waals surface area contributed by atoms with Gasteiger partial charge in [0.2, 0.25) is 11.8 Å². The number of hydrogen-bond acceptors (Lipinski definition) is 8. The van der Waals surface area contributed by atoms with Crippen molar-refractivity contribution in [2.45, 2.75) is 103 Å². The minimum Gasteiger partial charge on any atom is -0.487 e. The molecular formula is C37H50N6O5S. The molecule has 1 aromatic heterocycles. The van der Waals surface area contributed by atoms with Crippen LogP contribution in [0.3, 0.4) is 0 Å². The van der Waals surface area contributed by atoms with Crippen molar-refractivity contribution in [1.82, 2.24) is 29.9 Å². The second-order valence-corrected chi connectivity index (χ2v) is 15.5. The molecule has 5 rings (SSSR count). The lowest BCUT2D eigenvalue weighted by Gasteiger charge is -2.42. The van der Waals surface area contributed by atoms with Crippen molar-refractivity contribution in [3.05, 3.63) is 82.4 Å². The first-order chi connectivity index (χ1) is 23.3. The smallest absolute Gasteiger partial charge is 0.220 e. The number of para-hydroxylation sites is 1. The summed E-state index contributed by atoms with van der Waals surface area (Å²) in [4.78, 5) is 25.1. The average Bonchev–Trinajstić information content (AvgIpc) is 3.44. The number of amides is 2. The summed E-state index contributed by atoms with van der Waals surface area (Å²) in [7, 11) is -3.35. The van der Waals surface area contributed by atoms with Crippen LogP contribution in [-0.4, -0.2) is 65.0 Å². The van der Waals surface area contributed by atoms with E-state index in [0.717, 1.165) is 38.9 Å². The number of aryl methyl sites for hydroxylation is 3. The van der Waals surface area contributed by atoms with Gasteiger partial charge in [-0.15, -0.1) is 15.9 Å². The van der Waals surface area contributed by atoms with Gasteiger partial charge in [-0.1, -0.05) is 48.5 Å². The summed E-state index contributed by atoms with van der Waals surface area (Å²) in [5.41, 5.74) is 5.96. The lowest BCUT2D eigenvalue weighted by atomic mass is 9.74. The number of benzene rings is 3. The third-order valence-electron chi connectivity index (χ3n) is 9.44. The number of carbonyl (C=O) groups excluding carboxylic acids is 2. The van der Waals surface area contributed by atoms with E-state index in [1.807, 2.05) is 51.4 Å². The highest BCUT2D eigenvalue weighted by Crippen LogP contribution is 2.57. The quantitative estimate of drug-likeness (QED) is 0.120. The van der Waals surface area contributed by atoms with Crippen LogP contribution in [0, 0.1) is 13.8 Å². The van der Waals surface area contributed by atoms with Crippen molar-refractivity contribution < 1.29 is 23.4 Å². The van der Waals surface area contributed by atoms with Gasteiger partial charge in [0.05, 0.1) is 12.1 Å². The molecule has 2 heterocycles. The summed E-state index contributed by atoms with van der Waals surface area (Å²) < 4.78 is 33.2. The zero-order chi connectivity index (χ0) is 35.5. The topological polar surface area (TPSA) is 142 Å². The Bertz CT molecular complexity index is 1820. The van der Waals surface area contributed by atoms with Crippen molar-refractivity contribution in [3.63, 3.8) is 0 Å². The number of ether oxygens (including phenoxy) is 1. The summed E-state index contributed by atoms with van der Waals surface area (Å²) in [6.07, 6.45) is 1.30. The van der Waals surface area contributed by atoms with E-state index >= 15 is 0 Å². The Balaban J connectivity index is 1.55. The van der Waals surface area contributed by atoms with Gasteiger partial charge in [0.25, 0.3) is 0 Å². The van der Waals surface area contributed by atoms with Crippen LogP contribution in [0.15, 0.2) is 59.5 Å². The Morgan fingerprint density at radius 1 is 1.10 bits per heavy atom. The highest BCUT2D eigenvalue weighted by Gasteiger charge is 2.37. The molecule has 0 bridgehead atoms. The Labute approximate surface area is 290 Å². The van der Waals surface area contributed by atoms with E-state index < -0.39 is 16.3 Å². The fraction of sp³-hybridized carbons (Fsp3) is 0.459. The van der Waals surface area contributed by atoms with E-state index in [9.17, 15) is 18.7 Å². The standard InChI is InChI=1S/C37H50N6O5S/c1-8-29-23-42(49(46,47)33-14-11-10-13-32(33)48-29)22-28-21-27(17-16-24(28)3)35(37(6,7)39-34(45)15-12-20-38-26(5)44)30-18-19-31-36(25(30)4)40-41-43(31)9-2/h10-11,13-14,16-19,21,29,35,46-47H,8-9,12,15,20,22-23H2,1-7H3,(H,38,44)(H,39,45)/t29-,35+/m1/s1. The molecule has 0 unspecified atom stereocenters. The summed E-state index contributed by atoms with van der Waals surface area (Å²) in [6, 6.07) is 17.6. The molecule has 264 valence electrons. The zero-order valence-corrected chi connectivity index (χ0v) is 30.4. The maximum atomic E-state index is 13.3. The molecule has 4 N–H and O–H groups in total. The molecule has 1 aliphatic rings. The minimum absolute atomic E-state index is 0.105. The van der Waals surface area contributed by atoms with Crippen LogP contribution in [0.4, 0.5) is 0 Å². The van der Waals surface area contributed by atoms with Crippen LogP contribution >= 0.6 is 10.8 Å². The van der Waals surface area contributed by atoms with Crippen LogP contribution in [-0.2, 0) is 22.7 Å². The Morgan fingerprint density at radius 2 is 1.86 bits per heavy atom. The number of fused-ring (bicyclic) bond motifs is 2. The molecule has 2 atom stereocenters. The van der Waals surface area contributed by atoms with E-state index in [4.69, 9.17) is 4.74 Å². The van der Waals surface area contributed by atoms with Crippen molar-refractivity contribution in [2.24, 2.45) is 0 Å². The molecule has 11 nitrogen and oxygen atoms in total. The van der Waals surface area contributed by atoms with Gasteiger partial charge in [-0.05, 0) is 93.5 Å². The molecule has 0 aliphatic carbocycles. The van der Waals surface area contributed by atoms with E-state index in [-0.39, 0.29) is 30.3 Å². The summed E-state index contributed by atoms with van der Waals surface area (Å²) in [5.74, 6) is -0.0153. The van der Waals surface area contributed by atoms with Crippen LogP contribution in [0.5, 0.6) is 5.75 Å². The van der Waals surface area contributed by atoms with Gasteiger partial charge in [-0.2, -0.15) is 4.31 Å². The second-order valence-electron chi connectivity index (χ2n) is 13.5. The maximum Gasteiger partial charge on any atom is 0.220 e. The molecular weight excluding hydrogens is 641 g/mol. The molecule has 0 saturated carbocycles. The Morgan fingerprint density at radius 3 is 2.57 bits per heavy atom. The summed E-state index contributed by atoms with van der Waals surface area (Å²) in [5, 5.41) is 14.9. The van der Waals surface area contributed by atoms with Crippen molar-refractivity contribution in [2.75, 3.05) is 13.1 Å². The van der Waals surface area contributed by atoms with Gasteiger partial charge in [-0.25, -0.2) is 4.68 Å². The fourth-order valence-corrected chi connectivity index (χ4v) is 8.40. The molecule has 12 heteroatoms. The van der Waals surface area contributed by atoms with Crippen LogP contribution < -0.4 is 15.4 Å². The van der Waals surface area contributed by atoms with Gasteiger partial charge in [0.1, 0.15) is 22.3 Å². The van der Waals surface area contributed by atoms with Crippen molar-refractivity contribution >= 4 is 33.6 Å². The molecule has 0 spiro atoms. The lowest BCUT2D eigenvalue weighted by molar-refractivity contribution is -0.123. The minimum atomic E-state index is -3.35. The Kier molecular flexibility index (Phi) is 11.0. The predicted molar refractivity (Wildman–Crippen MR) is 194 cm³/mol. The molecule has 49 heavy (non-hydrogen) atoms.